The van der Waals surface area contributed by atoms with Crippen LogP contribution < -0.4 is 0 Å². The van der Waals surface area contributed by atoms with Crippen LogP contribution in [0.25, 0.3) is 0 Å². The minimum Gasteiger partial charge on any atom is -0.510 e. The number of thioether (sulfide) groups is 1. The number of hydrogen-bond acceptors (Lipinski definition) is 7. The first-order valence-corrected chi connectivity index (χ1v) is 6.24. The van der Waals surface area contributed by atoms with Gasteiger partial charge in [-0.25, -0.2) is 4.79 Å². The van der Waals surface area contributed by atoms with Crippen molar-refractivity contribution in [3.05, 3.63) is 0 Å². The summed E-state index contributed by atoms with van der Waals surface area (Å²) in [4.78, 5) is 33.8. The fourth-order valence-corrected chi connectivity index (χ4v) is 1.96. The summed E-state index contributed by atoms with van der Waals surface area (Å²) in [5, 5.41) is -2.09. The van der Waals surface area contributed by atoms with Crippen LogP contribution in [0, 0.1) is 0 Å². The van der Waals surface area contributed by atoms with Crippen molar-refractivity contribution in [2.24, 2.45) is 0 Å². The highest BCUT2D eigenvalue weighted by Crippen LogP contribution is 2.30. The average molecular weight is 277 g/mol. The molecule has 0 saturated heterocycles. The highest BCUT2D eigenvalue weighted by molar-refractivity contribution is 8.01. The number of ether oxygens (including phenoxy) is 2. The summed E-state index contributed by atoms with van der Waals surface area (Å²) in [7, 11) is 2.53. The molecule has 8 heteroatoms. The third kappa shape index (κ3) is 4.78. The van der Waals surface area contributed by atoms with E-state index in [9.17, 15) is 14.4 Å². The molecule has 95 valence electrons. The van der Waals surface area contributed by atoms with Crippen LogP contribution in [0.3, 0.4) is 0 Å². The maximum atomic E-state index is 11.6. The van der Waals surface area contributed by atoms with Crippen molar-refractivity contribution in [2.45, 2.75) is 32.3 Å². The Morgan fingerprint density at radius 2 is 1.82 bits per heavy atom. The van der Waals surface area contributed by atoms with Crippen molar-refractivity contribution in [3.8, 4) is 0 Å². The molecule has 0 aromatic heterocycles. The molecule has 0 spiro atoms. The minimum absolute atomic E-state index is 0.0439. The van der Waals surface area contributed by atoms with Crippen molar-refractivity contribution >= 4 is 40.2 Å². The van der Waals surface area contributed by atoms with E-state index < -0.39 is 23.0 Å². The highest BCUT2D eigenvalue weighted by Gasteiger charge is 2.47. The SMILES string of the molecule is CCSC(OC(C)=O)(OC(=O)CC)C(=O)O[Si]. The Hall–Kier alpha value is -1.02. The van der Waals surface area contributed by atoms with Crippen molar-refractivity contribution < 1.29 is 28.3 Å². The van der Waals surface area contributed by atoms with Gasteiger partial charge in [-0.05, 0) is 5.75 Å². The van der Waals surface area contributed by atoms with E-state index in [-0.39, 0.29) is 6.42 Å². The Bertz CT molecular complexity index is 308. The molecule has 0 aliphatic rings. The number of esters is 2. The number of carbonyl (C=O) groups excluding carboxylic acids is 3. The molecule has 0 aliphatic carbocycles. The monoisotopic (exact) mass is 277 g/mol. The molecule has 0 aliphatic heterocycles. The molecule has 0 amide bonds. The van der Waals surface area contributed by atoms with Crippen molar-refractivity contribution in [1.29, 1.82) is 0 Å². The Morgan fingerprint density at radius 3 is 2.18 bits per heavy atom. The summed E-state index contributed by atoms with van der Waals surface area (Å²) in [5.41, 5.74) is 0. The lowest BCUT2D eigenvalue weighted by Gasteiger charge is -2.28. The molecule has 0 fully saturated rings. The second-order valence-electron chi connectivity index (χ2n) is 2.80. The summed E-state index contributed by atoms with van der Waals surface area (Å²) in [5.74, 6) is -2.07. The average Bonchev–Trinajstić information content (AvgIpc) is 2.26. The first kappa shape index (κ1) is 16.0. The standard InChI is InChI=1S/C9H13O6SSi/c1-4-7(11)14-9(16-5-2,8(12)15-17)13-6(3)10/h4-5H2,1-3H3. The van der Waals surface area contributed by atoms with E-state index in [1.54, 1.807) is 13.8 Å². The molecule has 0 saturated carbocycles. The van der Waals surface area contributed by atoms with Crippen LogP contribution in [0.1, 0.15) is 27.2 Å². The van der Waals surface area contributed by atoms with Crippen molar-refractivity contribution in [3.63, 3.8) is 0 Å². The molecule has 0 aromatic carbocycles. The Kier molecular flexibility index (Phi) is 6.89. The van der Waals surface area contributed by atoms with Gasteiger partial charge in [-0.3, -0.25) is 9.59 Å². The summed E-state index contributed by atoms with van der Waals surface area (Å²) in [6, 6.07) is 0. The summed E-state index contributed by atoms with van der Waals surface area (Å²) >= 11 is 0.837. The van der Waals surface area contributed by atoms with Gasteiger partial charge in [0.05, 0.1) is 0 Å². The smallest absolute Gasteiger partial charge is 0.406 e. The molecule has 0 heterocycles. The number of rotatable bonds is 6. The van der Waals surface area contributed by atoms with Crippen LogP contribution in [0.2, 0.25) is 0 Å². The normalized spacial score (nSPS) is 13.4. The van der Waals surface area contributed by atoms with Crippen LogP contribution in [0.15, 0.2) is 0 Å². The highest BCUT2D eigenvalue weighted by atomic mass is 32.2. The minimum atomic E-state index is -2.09. The molecule has 1 unspecified atom stereocenters. The van der Waals surface area contributed by atoms with E-state index in [0.29, 0.717) is 5.75 Å². The van der Waals surface area contributed by atoms with Gasteiger partial charge in [0.25, 0.3) is 0 Å². The van der Waals surface area contributed by atoms with Gasteiger partial charge in [0.15, 0.2) is 0 Å². The zero-order chi connectivity index (χ0) is 13.5. The van der Waals surface area contributed by atoms with Gasteiger partial charge in [0, 0.05) is 13.3 Å². The molecule has 17 heavy (non-hydrogen) atoms. The molecule has 0 aromatic rings. The van der Waals surface area contributed by atoms with Crippen LogP contribution in [-0.4, -0.2) is 39.3 Å². The summed E-state index contributed by atoms with van der Waals surface area (Å²) in [6.45, 7) is 4.37. The van der Waals surface area contributed by atoms with Gasteiger partial charge in [-0.15, -0.1) is 0 Å². The number of carbonyl (C=O) groups is 3. The molecule has 6 nitrogen and oxygen atoms in total. The lowest BCUT2D eigenvalue weighted by molar-refractivity contribution is -0.207. The first-order valence-electron chi connectivity index (χ1n) is 4.85. The molecule has 3 radical (unpaired) electrons. The maximum Gasteiger partial charge on any atom is 0.406 e. The Morgan fingerprint density at radius 1 is 1.24 bits per heavy atom. The fourth-order valence-electron chi connectivity index (χ4n) is 0.886. The first-order chi connectivity index (χ1) is 7.91. The van der Waals surface area contributed by atoms with Crippen molar-refractivity contribution in [2.75, 3.05) is 5.75 Å². The van der Waals surface area contributed by atoms with E-state index in [4.69, 9.17) is 9.47 Å². The molecule has 1 atom stereocenters. The third-order valence-electron chi connectivity index (χ3n) is 1.49. The fraction of sp³-hybridized carbons (Fsp3) is 0.667. The Balaban J connectivity index is 5.14. The van der Waals surface area contributed by atoms with Gasteiger partial charge >= 0.3 is 33.5 Å². The lowest BCUT2D eigenvalue weighted by atomic mass is 10.5. The zero-order valence-electron chi connectivity index (χ0n) is 9.77. The van der Waals surface area contributed by atoms with E-state index >= 15 is 0 Å². The topological polar surface area (TPSA) is 78.9 Å². The molecule has 0 N–H and O–H groups in total. The second kappa shape index (κ2) is 7.33. The molecule has 0 rings (SSSR count). The summed E-state index contributed by atoms with van der Waals surface area (Å²) < 4.78 is 14.0. The largest absolute Gasteiger partial charge is 0.510 e. The molecule has 0 bridgehead atoms. The van der Waals surface area contributed by atoms with E-state index in [0.717, 1.165) is 18.7 Å². The molecular formula is C9H13O6SSi. The third-order valence-corrected chi connectivity index (χ3v) is 2.68. The van der Waals surface area contributed by atoms with E-state index in [1.165, 1.54) is 0 Å². The quantitative estimate of drug-likeness (QED) is 0.398. The molecular weight excluding hydrogens is 264 g/mol. The van der Waals surface area contributed by atoms with Gasteiger partial charge in [0.1, 0.15) is 0 Å². The van der Waals surface area contributed by atoms with Crippen LogP contribution in [0.5, 0.6) is 0 Å². The van der Waals surface area contributed by atoms with Gasteiger partial charge in [0.2, 0.25) is 0 Å². The Labute approximate surface area is 107 Å². The van der Waals surface area contributed by atoms with Crippen molar-refractivity contribution in [1.82, 2.24) is 0 Å². The lowest BCUT2D eigenvalue weighted by Crippen LogP contribution is -2.45. The predicted octanol–water partition coefficient (Wildman–Crippen LogP) is 0.536. The maximum absolute atomic E-state index is 11.6. The zero-order valence-corrected chi connectivity index (χ0v) is 11.6. The van der Waals surface area contributed by atoms with Crippen LogP contribution >= 0.6 is 11.8 Å². The predicted molar refractivity (Wildman–Crippen MR) is 60.9 cm³/mol. The van der Waals surface area contributed by atoms with Gasteiger partial charge in [-0.1, -0.05) is 25.6 Å². The van der Waals surface area contributed by atoms with Crippen LogP contribution in [-0.2, 0) is 28.3 Å². The van der Waals surface area contributed by atoms with Crippen LogP contribution in [0.4, 0.5) is 0 Å². The van der Waals surface area contributed by atoms with E-state index in [2.05, 4.69) is 14.9 Å². The van der Waals surface area contributed by atoms with Gasteiger partial charge in [-0.2, -0.15) is 0 Å². The van der Waals surface area contributed by atoms with E-state index in [1.807, 2.05) is 0 Å². The van der Waals surface area contributed by atoms with Gasteiger partial charge < -0.3 is 13.9 Å². The number of hydrogen-bond donors (Lipinski definition) is 0. The summed E-state index contributed by atoms with van der Waals surface area (Å²) in [6.07, 6.45) is 0.0439. The second-order valence-corrected chi connectivity index (χ2v) is 4.41.